The smallest absolute Gasteiger partial charge is 0.164 e. The number of carbonyl (C=O) groups excluding carboxylic acids is 1. The van der Waals surface area contributed by atoms with E-state index in [0.29, 0.717) is 5.92 Å². The molecule has 1 fully saturated rings. The van der Waals surface area contributed by atoms with E-state index in [0.717, 1.165) is 53.4 Å². The molecule has 3 aromatic carbocycles. The number of aliphatic hydroxyl groups is 1. The SMILES string of the molecule is CCC(C)(CC)C(=O)/C=C(\O)C(C)(CC)CC.Cc1[c-]c(-c2ncnc3c2ccc2cc(C)c(C4CCCC4)c(C)c23)cc(C)c1.[Ir]. The minimum Gasteiger partial charge on any atom is -0.512 e. The molecular formula is C42H55IrN2O2-. The number of nitrogens with zero attached hydrogens (tertiary/aromatic N) is 2. The summed E-state index contributed by atoms with van der Waals surface area (Å²) in [6.45, 7) is 20.9. The summed E-state index contributed by atoms with van der Waals surface area (Å²) in [5.41, 5.74) is 9.26. The second-order valence-corrected chi connectivity index (χ2v) is 14.2. The summed E-state index contributed by atoms with van der Waals surface area (Å²) in [4.78, 5) is 21.6. The molecule has 1 saturated carbocycles. The average Bonchev–Trinajstić information content (AvgIpc) is 3.57. The molecule has 1 radical (unpaired) electrons. The molecule has 1 N–H and O–H groups in total. The third-order valence-electron chi connectivity index (χ3n) is 11.2. The Morgan fingerprint density at radius 2 is 1.53 bits per heavy atom. The van der Waals surface area contributed by atoms with Crippen LogP contribution in [0.15, 0.2) is 48.5 Å². The normalized spacial score (nSPS) is 14.2. The number of hydrogen-bond donors (Lipinski definition) is 1. The van der Waals surface area contributed by atoms with Crippen LogP contribution in [0.2, 0.25) is 0 Å². The van der Waals surface area contributed by atoms with Gasteiger partial charge in [-0.1, -0.05) is 86.4 Å². The van der Waals surface area contributed by atoms with Crippen LogP contribution in [0, 0.1) is 44.6 Å². The molecule has 0 saturated heterocycles. The third-order valence-corrected chi connectivity index (χ3v) is 11.2. The van der Waals surface area contributed by atoms with Crippen molar-refractivity contribution in [3.05, 3.63) is 82.4 Å². The first-order valence-electron chi connectivity index (χ1n) is 17.5. The summed E-state index contributed by atoms with van der Waals surface area (Å²) >= 11 is 0. The largest absolute Gasteiger partial charge is 0.512 e. The topological polar surface area (TPSA) is 63.1 Å². The number of aliphatic hydroxyl groups excluding tert-OH is 1. The number of allylic oxidation sites excluding steroid dienone is 2. The van der Waals surface area contributed by atoms with Gasteiger partial charge in [0, 0.05) is 42.4 Å². The van der Waals surface area contributed by atoms with Gasteiger partial charge in [0.15, 0.2) is 5.78 Å². The van der Waals surface area contributed by atoms with E-state index in [4.69, 9.17) is 4.98 Å². The number of benzene rings is 3. The van der Waals surface area contributed by atoms with Crippen LogP contribution < -0.4 is 0 Å². The van der Waals surface area contributed by atoms with Crippen molar-refractivity contribution < 1.29 is 30.0 Å². The first kappa shape index (κ1) is 38.6. The molecule has 5 heteroatoms. The Bertz CT molecular complexity index is 1720. The Morgan fingerprint density at radius 3 is 2.11 bits per heavy atom. The number of ketones is 1. The molecule has 1 aromatic heterocycles. The van der Waals surface area contributed by atoms with Gasteiger partial charge in [0.25, 0.3) is 0 Å². The van der Waals surface area contributed by atoms with E-state index in [1.807, 2.05) is 41.5 Å². The van der Waals surface area contributed by atoms with Crippen molar-refractivity contribution in [2.75, 3.05) is 0 Å². The van der Waals surface area contributed by atoms with Crippen molar-refractivity contribution in [3.8, 4) is 11.3 Å². The van der Waals surface area contributed by atoms with Crippen molar-refractivity contribution in [1.29, 1.82) is 0 Å². The Kier molecular flexibility index (Phi) is 13.1. The number of aryl methyl sites for hydroxylation is 4. The van der Waals surface area contributed by atoms with Crippen molar-refractivity contribution >= 4 is 27.5 Å². The summed E-state index contributed by atoms with van der Waals surface area (Å²) in [7, 11) is 0. The fourth-order valence-electron chi connectivity index (χ4n) is 7.17. The van der Waals surface area contributed by atoms with Crippen molar-refractivity contribution in [2.45, 2.75) is 127 Å². The maximum absolute atomic E-state index is 12.2. The maximum atomic E-state index is 12.2. The Labute approximate surface area is 297 Å². The molecule has 4 aromatic rings. The van der Waals surface area contributed by atoms with Gasteiger partial charge in [-0.25, -0.2) is 4.98 Å². The number of aromatic nitrogens is 2. The van der Waals surface area contributed by atoms with Crippen molar-refractivity contribution in [1.82, 2.24) is 9.97 Å². The van der Waals surface area contributed by atoms with Gasteiger partial charge < -0.3 is 5.11 Å². The van der Waals surface area contributed by atoms with Gasteiger partial charge in [-0.3, -0.25) is 9.78 Å². The van der Waals surface area contributed by atoms with Crippen LogP contribution in [0.25, 0.3) is 32.9 Å². The molecule has 0 aliphatic heterocycles. The number of rotatable bonds is 9. The summed E-state index contributed by atoms with van der Waals surface area (Å²) in [6.07, 6.45) is 11.8. The monoisotopic (exact) mass is 812 g/mol. The molecule has 5 rings (SSSR count). The molecule has 0 bridgehead atoms. The molecule has 47 heavy (non-hydrogen) atoms. The van der Waals surface area contributed by atoms with E-state index >= 15 is 0 Å². The molecule has 0 atom stereocenters. The Balaban J connectivity index is 0.000000290. The number of fused-ring (bicyclic) bond motifs is 3. The third kappa shape index (κ3) is 8.06. The minimum absolute atomic E-state index is 0. The molecule has 0 amide bonds. The van der Waals surface area contributed by atoms with Crippen LogP contribution in [0.5, 0.6) is 0 Å². The fourth-order valence-corrected chi connectivity index (χ4v) is 7.17. The van der Waals surface area contributed by atoms with Gasteiger partial charge >= 0.3 is 0 Å². The summed E-state index contributed by atoms with van der Waals surface area (Å²) in [6, 6.07) is 14.6. The Hall–Kier alpha value is -2.88. The van der Waals surface area contributed by atoms with Crippen LogP contribution in [-0.4, -0.2) is 20.9 Å². The molecule has 0 unspecified atom stereocenters. The molecule has 4 nitrogen and oxygen atoms in total. The zero-order valence-electron chi connectivity index (χ0n) is 30.4. The van der Waals surface area contributed by atoms with Crippen LogP contribution in [-0.2, 0) is 24.9 Å². The predicted octanol–water partition coefficient (Wildman–Crippen LogP) is 11.8. The zero-order valence-corrected chi connectivity index (χ0v) is 32.8. The summed E-state index contributed by atoms with van der Waals surface area (Å²) < 4.78 is 0. The standard InChI is InChI=1S/C27H27N2.C15H28O2.Ir/c1-16-11-17(2)13-22(12-16)26-23-10-9-21-14-18(3)24(20-7-5-6-8-20)19(4)25(21)27(23)29-15-28-26;1-7-14(5,8-2)12(16)11-13(17)15(6,9-3)10-4;/h9-12,14-15,20H,5-8H2,1-4H3;11,16H,7-10H2,1-6H3;/q-1;;/b;12-11-;. The Morgan fingerprint density at radius 1 is 0.915 bits per heavy atom. The maximum Gasteiger partial charge on any atom is 0.164 e. The zero-order chi connectivity index (χ0) is 33.8. The van der Waals surface area contributed by atoms with E-state index in [2.05, 4.69) is 69.1 Å². The molecule has 1 aliphatic rings. The van der Waals surface area contributed by atoms with E-state index in [9.17, 15) is 9.90 Å². The molecular weight excluding hydrogens is 757 g/mol. The average molecular weight is 812 g/mol. The van der Waals surface area contributed by atoms with Gasteiger partial charge in [-0.2, -0.15) is 0 Å². The van der Waals surface area contributed by atoms with Gasteiger partial charge in [-0.05, 0) is 91.4 Å². The fraction of sp³-hybridized carbons (Fsp3) is 0.500. The van der Waals surface area contributed by atoms with Crippen LogP contribution in [0.1, 0.15) is 127 Å². The second-order valence-electron chi connectivity index (χ2n) is 14.2. The number of hydrogen-bond acceptors (Lipinski definition) is 4. The quantitative estimate of drug-likeness (QED) is 0.0791. The summed E-state index contributed by atoms with van der Waals surface area (Å²) in [5, 5.41) is 13.8. The summed E-state index contributed by atoms with van der Waals surface area (Å²) in [5.74, 6) is 0.984. The van der Waals surface area contributed by atoms with E-state index in [1.54, 1.807) is 11.9 Å². The molecule has 1 aliphatic carbocycles. The van der Waals surface area contributed by atoms with E-state index in [1.165, 1.54) is 59.2 Å². The molecule has 0 spiro atoms. The van der Waals surface area contributed by atoms with Gasteiger partial charge in [0.1, 0.15) is 12.1 Å². The number of carbonyl (C=O) groups is 1. The molecule has 255 valence electrons. The van der Waals surface area contributed by atoms with Gasteiger partial charge in [0.2, 0.25) is 0 Å². The molecule has 1 heterocycles. The van der Waals surface area contributed by atoms with E-state index < -0.39 is 0 Å². The first-order valence-corrected chi connectivity index (χ1v) is 17.5. The van der Waals surface area contributed by atoms with Crippen LogP contribution >= 0.6 is 0 Å². The predicted molar refractivity (Wildman–Crippen MR) is 195 cm³/mol. The van der Waals surface area contributed by atoms with E-state index in [-0.39, 0.29) is 42.5 Å². The second kappa shape index (κ2) is 16.0. The first-order chi connectivity index (χ1) is 21.8. The van der Waals surface area contributed by atoms with Crippen molar-refractivity contribution in [2.24, 2.45) is 10.8 Å². The van der Waals surface area contributed by atoms with Crippen molar-refractivity contribution in [3.63, 3.8) is 0 Å². The van der Waals surface area contributed by atoms with Crippen LogP contribution in [0.4, 0.5) is 0 Å². The van der Waals surface area contributed by atoms with Gasteiger partial charge in [0.05, 0.1) is 5.52 Å². The minimum atomic E-state index is -0.337. The van der Waals surface area contributed by atoms with Gasteiger partial charge in [-0.15, -0.1) is 34.9 Å². The van der Waals surface area contributed by atoms with Crippen LogP contribution in [0.3, 0.4) is 0 Å².